The Morgan fingerprint density at radius 1 is 1.11 bits per heavy atom. The molecule has 6 heteroatoms. The average Bonchev–Trinajstić information content (AvgIpc) is 2.69. The lowest BCUT2D eigenvalue weighted by atomic mass is 10.2. The molecule has 0 radical (unpaired) electrons. The number of hydrogen-bond acceptors (Lipinski definition) is 3. The maximum absolute atomic E-state index is 6.10. The second-order valence-corrected chi connectivity index (χ2v) is 5.14. The fourth-order valence-electron chi connectivity index (χ4n) is 1.85. The van der Waals surface area contributed by atoms with Gasteiger partial charge in [-0.25, -0.2) is 15.0 Å². The molecule has 18 heavy (non-hydrogen) atoms. The van der Waals surface area contributed by atoms with E-state index in [2.05, 4.69) is 15.0 Å². The summed E-state index contributed by atoms with van der Waals surface area (Å²) in [5.41, 5.74) is 2.42. The van der Waals surface area contributed by atoms with E-state index in [9.17, 15) is 0 Å². The smallest absolute Gasteiger partial charge is 0.194 e. The van der Waals surface area contributed by atoms with Gasteiger partial charge in [0.05, 0.1) is 0 Å². The van der Waals surface area contributed by atoms with Gasteiger partial charge in [-0.2, -0.15) is 0 Å². The summed E-state index contributed by atoms with van der Waals surface area (Å²) in [5, 5.41) is 0.391. The number of benzene rings is 1. The number of nitrogens with zero attached hydrogens (tertiary/aromatic N) is 4. The van der Waals surface area contributed by atoms with Crippen LogP contribution < -0.4 is 0 Å². The number of imidazole rings is 1. The topological polar surface area (TPSA) is 43.6 Å². The SMILES string of the molecule is Cn1c(-c2ccccc2)nc2c(Cl)nc(I)nc21. The van der Waals surface area contributed by atoms with E-state index in [4.69, 9.17) is 11.6 Å². The molecule has 3 aromatic rings. The molecule has 0 unspecified atom stereocenters. The molecule has 1 aromatic carbocycles. The molecular weight excluding hydrogens is 363 g/mol. The molecule has 0 aliphatic rings. The molecule has 4 nitrogen and oxygen atoms in total. The highest BCUT2D eigenvalue weighted by molar-refractivity contribution is 14.1. The van der Waals surface area contributed by atoms with Gasteiger partial charge < -0.3 is 4.57 Å². The molecule has 2 heterocycles. The van der Waals surface area contributed by atoms with Crippen LogP contribution in [0.5, 0.6) is 0 Å². The Labute approximate surface area is 122 Å². The largest absolute Gasteiger partial charge is 0.312 e. The first-order valence-corrected chi connectivity index (χ1v) is 6.73. The molecule has 0 aliphatic heterocycles. The minimum Gasteiger partial charge on any atom is -0.312 e. The first-order valence-electron chi connectivity index (χ1n) is 5.27. The zero-order valence-corrected chi connectivity index (χ0v) is 12.3. The zero-order valence-electron chi connectivity index (χ0n) is 9.43. The van der Waals surface area contributed by atoms with Crippen LogP contribution in [0.3, 0.4) is 0 Å². The van der Waals surface area contributed by atoms with Gasteiger partial charge in [-0.05, 0) is 0 Å². The minimum absolute atomic E-state index is 0.391. The number of hydrogen-bond donors (Lipinski definition) is 0. The van der Waals surface area contributed by atoms with Crippen LogP contribution in [-0.2, 0) is 7.05 Å². The van der Waals surface area contributed by atoms with Gasteiger partial charge in [0.2, 0.25) is 0 Å². The van der Waals surface area contributed by atoms with Crippen molar-refractivity contribution >= 4 is 45.4 Å². The van der Waals surface area contributed by atoms with Gasteiger partial charge >= 0.3 is 0 Å². The van der Waals surface area contributed by atoms with Crippen molar-refractivity contribution in [3.8, 4) is 11.4 Å². The van der Waals surface area contributed by atoms with Gasteiger partial charge in [0.15, 0.2) is 14.6 Å². The van der Waals surface area contributed by atoms with E-state index in [1.807, 2.05) is 64.5 Å². The Bertz CT molecular complexity index is 724. The van der Waals surface area contributed by atoms with Crippen molar-refractivity contribution in [1.29, 1.82) is 0 Å². The van der Waals surface area contributed by atoms with E-state index in [0.717, 1.165) is 17.0 Å². The summed E-state index contributed by atoms with van der Waals surface area (Å²) in [6, 6.07) is 9.94. The van der Waals surface area contributed by atoms with Crippen LogP contribution in [0.15, 0.2) is 30.3 Å². The van der Waals surface area contributed by atoms with Crippen molar-refractivity contribution in [2.75, 3.05) is 0 Å². The fourth-order valence-corrected chi connectivity index (χ4v) is 2.67. The second kappa shape index (κ2) is 4.47. The molecule has 0 aliphatic carbocycles. The van der Waals surface area contributed by atoms with Crippen LogP contribution in [0.4, 0.5) is 0 Å². The van der Waals surface area contributed by atoms with Gasteiger partial charge in [0.1, 0.15) is 11.3 Å². The minimum atomic E-state index is 0.391. The van der Waals surface area contributed by atoms with E-state index >= 15 is 0 Å². The molecule has 3 rings (SSSR count). The van der Waals surface area contributed by atoms with E-state index < -0.39 is 0 Å². The zero-order chi connectivity index (χ0) is 12.7. The molecule has 0 amide bonds. The quantitative estimate of drug-likeness (QED) is 0.375. The van der Waals surface area contributed by atoms with E-state index in [1.54, 1.807) is 0 Å². The maximum Gasteiger partial charge on any atom is 0.194 e. The number of aryl methyl sites for hydroxylation is 1. The summed E-state index contributed by atoms with van der Waals surface area (Å²) in [4.78, 5) is 13.0. The van der Waals surface area contributed by atoms with Crippen LogP contribution in [0.2, 0.25) is 5.15 Å². The molecule has 0 atom stereocenters. The van der Waals surface area contributed by atoms with Crippen LogP contribution in [0.1, 0.15) is 0 Å². The van der Waals surface area contributed by atoms with Crippen LogP contribution >= 0.6 is 34.2 Å². The number of fused-ring (bicyclic) bond motifs is 1. The highest BCUT2D eigenvalue weighted by Gasteiger charge is 2.14. The lowest BCUT2D eigenvalue weighted by molar-refractivity contribution is 0.934. The number of rotatable bonds is 1. The molecule has 0 spiro atoms. The first kappa shape index (κ1) is 11.9. The third-order valence-corrected chi connectivity index (χ3v) is 3.43. The van der Waals surface area contributed by atoms with Crippen molar-refractivity contribution in [2.45, 2.75) is 0 Å². The predicted molar refractivity (Wildman–Crippen MR) is 79.5 cm³/mol. The van der Waals surface area contributed by atoms with Gasteiger partial charge in [0, 0.05) is 35.2 Å². The van der Waals surface area contributed by atoms with Crippen molar-refractivity contribution in [1.82, 2.24) is 19.5 Å². The van der Waals surface area contributed by atoms with Crippen molar-refractivity contribution in [3.05, 3.63) is 39.3 Å². The first-order chi connectivity index (χ1) is 8.66. The Balaban J connectivity index is 2.33. The highest BCUT2D eigenvalue weighted by Crippen LogP contribution is 2.26. The summed E-state index contributed by atoms with van der Waals surface area (Å²) in [6.45, 7) is 0. The molecule has 2 aromatic heterocycles. The van der Waals surface area contributed by atoms with E-state index in [-0.39, 0.29) is 0 Å². The molecule has 0 saturated heterocycles. The molecule has 0 N–H and O–H groups in total. The molecule has 0 saturated carbocycles. The Kier molecular flexibility index (Phi) is 2.95. The van der Waals surface area contributed by atoms with Crippen molar-refractivity contribution in [2.24, 2.45) is 7.05 Å². The third kappa shape index (κ3) is 1.87. The Morgan fingerprint density at radius 3 is 2.56 bits per heavy atom. The number of aromatic nitrogens is 4. The molecule has 0 fully saturated rings. The van der Waals surface area contributed by atoms with Crippen molar-refractivity contribution < 1.29 is 0 Å². The normalized spacial score (nSPS) is 11.1. The third-order valence-electron chi connectivity index (χ3n) is 2.68. The van der Waals surface area contributed by atoms with Gasteiger partial charge in [-0.3, -0.25) is 0 Å². The molecule has 0 bridgehead atoms. The summed E-state index contributed by atoms with van der Waals surface area (Å²) >= 11 is 8.15. The van der Waals surface area contributed by atoms with Gasteiger partial charge in [0.25, 0.3) is 0 Å². The lowest BCUT2D eigenvalue weighted by Crippen LogP contribution is -1.96. The van der Waals surface area contributed by atoms with Crippen LogP contribution in [-0.4, -0.2) is 19.5 Å². The number of halogens is 2. The van der Waals surface area contributed by atoms with Gasteiger partial charge in [-0.1, -0.05) is 41.9 Å². The van der Waals surface area contributed by atoms with Crippen LogP contribution in [0, 0.1) is 3.83 Å². The monoisotopic (exact) mass is 370 g/mol. The predicted octanol–water partition coefficient (Wildman–Crippen LogP) is 3.29. The molecule has 90 valence electrons. The maximum atomic E-state index is 6.10. The average molecular weight is 371 g/mol. The Morgan fingerprint density at radius 2 is 1.83 bits per heavy atom. The Hall–Kier alpha value is -1.21. The highest BCUT2D eigenvalue weighted by atomic mass is 127. The van der Waals surface area contributed by atoms with E-state index in [0.29, 0.717) is 14.5 Å². The summed E-state index contributed by atoms with van der Waals surface area (Å²) in [6.07, 6.45) is 0. The summed E-state index contributed by atoms with van der Waals surface area (Å²) in [7, 11) is 1.93. The lowest BCUT2D eigenvalue weighted by Gasteiger charge is -2.01. The summed E-state index contributed by atoms with van der Waals surface area (Å²) < 4.78 is 2.55. The second-order valence-electron chi connectivity index (χ2n) is 3.82. The standard InChI is InChI=1S/C12H8ClIN4/c1-18-10(7-5-3-2-4-6-7)15-8-9(13)16-12(14)17-11(8)18/h2-6H,1H3. The van der Waals surface area contributed by atoms with Gasteiger partial charge in [-0.15, -0.1) is 0 Å². The fraction of sp³-hybridized carbons (Fsp3) is 0.0833. The van der Waals surface area contributed by atoms with Crippen molar-refractivity contribution in [3.63, 3.8) is 0 Å². The molecular formula is C12H8ClIN4. The summed E-state index contributed by atoms with van der Waals surface area (Å²) in [5.74, 6) is 0.837. The van der Waals surface area contributed by atoms with Crippen LogP contribution in [0.25, 0.3) is 22.6 Å². The van der Waals surface area contributed by atoms with E-state index in [1.165, 1.54) is 0 Å².